The number of halogens is 3. The van der Waals surface area contributed by atoms with E-state index in [0.717, 1.165) is 6.07 Å². The number of alkyl halides is 3. The van der Waals surface area contributed by atoms with Gasteiger partial charge in [0.2, 0.25) is 0 Å². The molecule has 0 aliphatic heterocycles. The fraction of sp³-hybridized carbons (Fsp3) is 0.100. The van der Waals surface area contributed by atoms with E-state index in [2.05, 4.69) is 20.3 Å². The highest BCUT2D eigenvalue weighted by atomic mass is 19.4. The predicted octanol–water partition coefficient (Wildman–Crippen LogP) is 2.63. The first-order valence-corrected chi connectivity index (χ1v) is 4.62. The van der Waals surface area contributed by atoms with Crippen molar-refractivity contribution in [3.8, 4) is 0 Å². The number of rotatable bonds is 2. The van der Waals surface area contributed by atoms with E-state index in [-0.39, 0.29) is 11.6 Å². The van der Waals surface area contributed by atoms with Gasteiger partial charge in [0.15, 0.2) is 0 Å². The van der Waals surface area contributed by atoms with Crippen LogP contribution >= 0.6 is 0 Å². The van der Waals surface area contributed by atoms with E-state index in [1.165, 1.54) is 30.9 Å². The molecular weight excluding hydrogens is 233 g/mol. The summed E-state index contributed by atoms with van der Waals surface area (Å²) in [5, 5.41) is 2.47. The van der Waals surface area contributed by atoms with Crippen LogP contribution in [0.2, 0.25) is 0 Å². The highest BCUT2D eigenvalue weighted by Crippen LogP contribution is 2.34. The monoisotopic (exact) mass is 240 g/mol. The van der Waals surface area contributed by atoms with Crippen molar-refractivity contribution < 1.29 is 13.2 Å². The predicted molar refractivity (Wildman–Crippen MR) is 54.6 cm³/mol. The van der Waals surface area contributed by atoms with Gasteiger partial charge in [0.05, 0.1) is 11.8 Å². The zero-order chi connectivity index (χ0) is 12.3. The smallest absolute Gasteiger partial charge is 0.323 e. The Hall–Kier alpha value is -2.18. The van der Waals surface area contributed by atoms with Gasteiger partial charge in [-0.1, -0.05) is 0 Å². The molecule has 2 rings (SSSR count). The lowest BCUT2D eigenvalue weighted by Crippen LogP contribution is -2.10. The Bertz CT molecular complexity index is 498. The third-order valence-corrected chi connectivity index (χ3v) is 1.92. The van der Waals surface area contributed by atoms with Crippen LogP contribution in [0.3, 0.4) is 0 Å². The Balaban J connectivity index is 2.34. The Morgan fingerprint density at radius 3 is 2.53 bits per heavy atom. The van der Waals surface area contributed by atoms with Crippen molar-refractivity contribution in [2.24, 2.45) is 0 Å². The third kappa shape index (κ3) is 2.68. The molecule has 0 saturated heterocycles. The van der Waals surface area contributed by atoms with E-state index in [1.807, 2.05) is 0 Å². The van der Waals surface area contributed by atoms with Crippen LogP contribution in [0.5, 0.6) is 0 Å². The topological polar surface area (TPSA) is 50.7 Å². The van der Waals surface area contributed by atoms with Gasteiger partial charge in [0.1, 0.15) is 11.6 Å². The second-order valence-electron chi connectivity index (χ2n) is 3.11. The van der Waals surface area contributed by atoms with Gasteiger partial charge in [-0.25, -0.2) is 9.97 Å². The minimum absolute atomic E-state index is 0.205. The summed E-state index contributed by atoms with van der Waals surface area (Å²) in [6.45, 7) is 0. The molecule has 88 valence electrons. The van der Waals surface area contributed by atoms with Gasteiger partial charge in [-0.3, -0.25) is 4.98 Å². The standard InChI is InChI=1S/C10H7F3N4/c11-10(12,13)7-2-1-3-16-9(7)17-8-6-14-4-5-15-8/h1-6H,(H,15,16,17). The van der Waals surface area contributed by atoms with Crippen LogP contribution in [-0.4, -0.2) is 15.0 Å². The molecule has 2 aromatic heterocycles. The summed E-state index contributed by atoms with van der Waals surface area (Å²) in [4.78, 5) is 11.2. The van der Waals surface area contributed by atoms with Crippen LogP contribution in [0.1, 0.15) is 5.56 Å². The van der Waals surface area contributed by atoms with Gasteiger partial charge < -0.3 is 5.32 Å². The molecule has 1 N–H and O–H groups in total. The number of nitrogens with zero attached hydrogens (tertiary/aromatic N) is 3. The lowest BCUT2D eigenvalue weighted by molar-refractivity contribution is -0.137. The lowest BCUT2D eigenvalue weighted by Gasteiger charge is -2.12. The number of anilines is 2. The summed E-state index contributed by atoms with van der Waals surface area (Å²) in [6.07, 6.45) is 0.925. The summed E-state index contributed by atoms with van der Waals surface area (Å²) in [7, 11) is 0. The van der Waals surface area contributed by atoms with Crippen molar-refractivity contribution in [2.45, 2.75) is 6.18 Å². The number of aromatic nitrogens is 3. The van der Waals surface area contributed by atoms with E-state index in [0.29, 0.717) is 0 Å². The lowest BCUT2D eigenvalue weighted by atomic mass is 10.2. The fourth-order valence-corrected chi connectivity index (χ4v) is 1.22. The molecule has 0 aliphatic rings. The van der Waals surface area contributed by atoms with Crippen LogP contribution in [0.25, 0.3) is 0 Å². The first-order chi connectivity index (χ1) is 8.07. The summed E-state index contributed by atoms with van der Waals surface area (Å²) in [5.74, 6) is -0.0859. The highest BCUT2D eigenvalue weighted by Gasteiger charge is 2.34. The molecule has 17 heavy (non-hydrogen) atoms. The molecular formula is C10H7F3N4. The SMILES string of the molecule is FC(F)(F)c1cccnc1Nc1cnccn1. The molecule has 0 radical (unpaired) electrons. The molecule has 0 fully saturated rings. The Morgan fingerprint density at radius 1 is 1.06 bits per heavy atom. The Morgan fingerprint density at radius 2 is 1.88 bits per heavy atom. The molecule has 0 aromatic carbocycles. The van der Waals surface area contributed by atoms with Crippen molar-refractivity contribution in [1.29, 1.82) is 0 Å². The summed E-state index contributed by atoms with van der Waals surface area (Å²) >= 11 is 0. The second-order valence-corrected chi connectivity index (χ2v) is 3.11. The molecule has 4 nitrogen and oxygen atoms in total. The Kier molecular flexibility index (Phi) is 2.90. The first kappa shape index (κ1) is 11.3. The third-order valence-electron chi connectivity index (χ3n) is 1.92. The molecule has 7 heteroatoms. The molecule has 0 amide bonds. The summed E-state index contributed by atoms with van der Waals surface area (Å²) in [6, 6.07) is 2.18. The van der Waals surface area contributed by atoms with Crippen molar-refractivity contribution in [2.75, 3.05) is 5.32 Å². The Labute approximate surface area is 94.6 Å². The maximum atomic E-state index is 12.6. The van der Waals surface area contributed by atoms with E-state index in [9.17, 15) is 13.2 Å². The first-order valence-electron chi connectivity index (χ1n) is 4.62. The van der Waals surface area contributed by atoms with Crippen LogP contribution in [0.15, 0.2) is 36.9 Å². The van der Waals surface area contributed by atoms with E-state index >= 15 is 0 Å². The average Bonchev–Trinajstić information content (AvgIpc) is 2.30. The molecule has 0 spiro atoms. The number of pyridine rings is 1. The van der Waals surface area contributed by atoms with Gasteiger partial charge in [0.25, 0.3) is 0 Å². The van der Waals surface area contributed by atoms with Crippen molar-refractivity contribution in [1.82, 2.24) is 15.0 Å². The van der Waals surface area contributed by atoms with Gasteiger partial charge in [-0.15, -0.1) is 0 Å². The van der Waals surface area contributed by atoms with E-state index < -0.39 is 11.7 Å². The quantitative estimate of drug-likeness (QED) is 0.876. The zero-order valence-corrected chi connectivity index (χ0v) is 8.44. The number of hydrogen-bond acceptors (Lipinski definition) is 4. The number of nitrogens with one attached hydrogen (secondary N) is 1. The maximum absolute atomic E-state index is 12.6. The molecule has 0 unspecified atom stereocenters. The molecule has 0 atom stereocenters. The van der Waals surface area contributed by atoms with Gasteiger partial charge in [-0.05, 0) is 12.1 Å². The highest BCUT2D eigenvalue weighted by molar-refractivity contribution is 5.55. The normalized spacial score (nSPS) is 11.2. The van der Waals surface area contributed by atoms with Crippen LogP contribution < -0.4 is 5.32 Å². The van der Waals surface area contributed by atoms with Crippen LogP contribution in [-0.2, 0) is 6.18 Å². The molecule has 0 bridgehead atoms. The second kappa shape index (κ2) is 4.36. The van der Waals surface area contributed by atoms with Crippen molar-refractivity contribution in [3.63, 3.8) is 0 Å². The van der Waals surface area contributed by atoms with Crippen LogP contribution in [0, 0.1) is 0 Å². The van der Waals surface area contributed by atoms with Crippen molar-refractivity contribution >= 4 is 11.6 Å². The van der Waals surface area contributed by atoms with Crippen molar-refractivity contribution in [3.05, 3.63) is 42.5 Å². The summed E-state index contributed by atoms with van der Waals surface area (Å²) in [5.41, 5.74) is -0.842. The molecule has 0 aliphatic carbocycles. The molecule has 2 heterocycles. The zero-order valence-electron chi connectivity index (χ0n) is 8.44. The van der Waals surface area contributed by atoms with Crippen LogP contribution in [0.4, 0.5) is 24.8 Å². The fourth-order valence-electron chi connectivity index (χ4n) is 1.22. The van der Waals surface area contributed by atoms with E-state index in [4.69, 9.17) is 0 Å². The van der Waals surface area contributed by atoms with Gasteiger partial charge in [0, 0.05) is 18.6 Å². The number of hydrogen-bond donors (Lipinski definition) is 1. The maximum Gasteiger partial charge on any atom is 0.419 e. The largest absolute Gasteiger partial charge is 0.419 e. The van der Waals surface area contributed by atoms with Gasteiger partial charge >= 0.3 is 6.18 Å². The van der Waals surface area contributed by atoms with E-state index in [1.54, 1.807) is 0 Å². The minimum atomic E-state index is -4.46. The summed E-state index contributed by atoms with van der Waals surface area (Å²) < 4.78 is 37.9. The average molecular weight is 240 g/mol. The minimum Gasteiger partial charge on any atom is -0.323 e. The molecule has 0 saturated carbocycles. The molecule has 2 aromatic rings. The van der Waals surface area contributed by atoms with Gasteiger partial charge in [-0.2, -0.15) is 13.2 Å².